The molecule has 0 saturated heterocycles. The number of furan rings is 1. The van der Waals surface area contributed by atoms with E-state index in [0.717, 1.165) is 17.5 Å². The summed E-state index contributed by atoms with van der Waals surface area (Å²) in [5, 5.41) is 9.33. The number of nitrogens with one attached hydrogen (secondary N) is 3. The monoisotopic (exact) mass is 563 g/mol. The quantitative estimate of drug-likeness (QED) is 0.173. The molecule has 0 spiro atoms. The second-order valence-electron chi connectivity index (χ2n) is 10.0. The third-order valence-corrected chi connectivity index (χ3v) is 6.98. The van der Waals surface area contributed by atoms with Crippen LogP contribution in [0, 0.1) is 0 Å². The van der Waals surface area contributed by atoms with E-state index in [-0.39, 0.29) is 24.2 Å². The average Bonchev–Trinajstić information content (AvgIpc) is 3.46. The highest BCUT2D eigenvalue weighted by Gasteiger charge is 2.15. The number of anilines is 1. The molecule has 1 atom stereocenters. The van der Waals surface area contributed by atoms with Crippen LogP contribution in [0.4, 0.5) is 10.5 Å². The first-order valence-electron chi connectivity index (χ1n) is 14.1. The van der Waals surface area contributed by atoms with Crippen molar-refractivity contribution in [2.75, 3.05) is 11.9 Å². The van der Waals surface area contributed by atoms with Crippen LogP contribution >= 0.6 is 0 Å². The molecule has 8 nitrogen and oxygen atoms in total. The maximum atomic E-state index is 12.7. The molecule has 0 saturated carbocycles. The third-order valence-electron chi connectivity index (χ3n) is 6.98. The number of amides is 3. The largest absolute Gasteiger partial charge is 0.451 e. The van der Waals surface area contributed by atoms with Gasteiger partial charge in [-0.25, -0.2) is 4.79 Å². The summed E-state index contributed by atoms with van der Waals surface area (Å²) < 4.78 is 11.0. The number of unbranched alkanes of at least 4 members (excludes halogenated alkanes) is 1. The van der Waals surface area contributed by atoms with Gasteiger partial charge in [0.05, 0.1) is 0 Å². The van der Waals surface area contributed by atoms with Gasteiger partial charge in [-0.3, -0.25) is 9.59 Å². The van der Waals surface area contributed by atoms with Crippen molar-refractivity contribution < 1.29 is 23.5 Å². The summed E-state index contributed by atoms with van der Waals surface area (Å²) in [6, 6.07) is 26.5. The molecule has 42 heavy (non-hydrogen) atoms. The molecular formula is C34H33N3O5. The summed E-state index contributed by atoms with van der Waals surface area (Å²) in [7, 11) is 0. The predicted molar refractivity (Wildman–Crippen MR) is 162 cm³/mol. The highest BCUT2D eigenvalue weighted by molar-refractivity contribution is 6.05. The third kappa shape index (κ3) is 7.75. The van der Waals surface area contributed by atoms with Gasteiger partial charge in [0.2, 0.25) is 5.91 Å². The minimum absolute atomic E-state index is 0.0153. The average molecular weight is 564 g/mol. The zero-order chi connectivity index (χ0) is 29.1. The van der Waals surface area contributed by atoms with Gasteiger partial charge in [0, 0.05) is 41.2 Å². The Morgan fingerprint density at radius 2 is 1.67 bits per heavy atom. The van der Waals surface area contributed by atoms with Crippen LogP contribution in [-0.2, 0) is 16.1 Å². The van der Waals surface area contributed by atoms with Gasteiger partial charge >= 0.3 is 6.09 Å². The second-order valence-corrected chi connectivity index (χ2v) is 10.0. The van der Waals surface area contributed by atoms with E-state index < -0.39 is 6.09 Å². The summed E-state index contributed by atoms with van der Waals surface area (Å²) in [5.41, 5.74) is 3.89. The number of alkyl carbamates (subject to hydrolysis) is 1. The molecule has 4 aromatic rings. The minimum atomic E-state index is -0.566. The Balaban J connectivity index is 0.985. The lowest BCUT2D eigenvalue weighted by Gasteiger charge is -2.17. The molecule has 8 heteroatoms. The summed E-state index contributed by atoms with van der Waals surface area (Å²) >= 11 is 0. The van der Waals surface area contributed by atoms with Gasteiger partial charge in [-0.2, -0.15) is 0 Å². The normalized spacial score (nSPS) is 14.2. The van der Waals surface area contributed by atoms with Crippen LogP contribution in [0.25, 0.3) is 11.0 Å². The van der Waals surface area contributed by atoms with Crippen LogP contribution in [0.2, 0.25) is 0 Å². The lowest BCUT2D eigenvalue weighted by molar-refractivity contribution is -0.120. The molecule has 1 aromatic heterocycles. The van der Waals surface area contributed by atoms with E-state index in [2.05, 4.69) is 40.2 Å². The van der Waals surface area contributed by atoms with Gasteiger partial charge in [-0.05, 0) is 49.1 Å². The van der Waals surface area contributed by atoms with Crippen LogP contribution in [0.15, 0.2) is 113 Å². The number of rotatable bonds is 11. The van der Waals surface area contributed by atoms with Crippen LogP contribution in [0.5, 0.6) is 0 Å². The van der Waals surface area contributed by atoms with E-state index in [0.29, 0.717) is 48.6 Å². The first-order chi connectivity index (χ1) is 20.5. The number of carbonyl (C=O) groups excluding carboxylic acids is 3. The Hall–Kier alpha value is -5.11. The summed E-state index contributed by atoms with van der Waals surface area (Å²) in [4.78, 5) is 37.3. The van der Waals surface area contributed by atoms with Gasteiger partial charge in [-0.15, -0.1) is 0 Å². The Morgan fingerprint density at radius 3 is 2.48 bits per heavy atom. The SMILES string of the molecule is O=C(CCCCNC(=O)OCc1ccccc1NC(=O)c1cc2ccccc2o1)NC1=CCC(c2ccccc2)C=C1. The molecule has 0 fully saturated rings. The molecule has 214 valence electrons. The fourth-order valence-corrected chi connectivity index (χ4v) is 4.73. The van der Waals surface area contributed by atoms with E-state index >= 15 is 0 Å². The van der Waals surface area contributed by atoms with E-state index in [9.17, 15) is 14.4 Å². The molecule has 5 rings (SSSR count). The van der Waals surface area contributed by atoms with E-state index in [4.69, 9.17) is 9.15 Å². The fraction of sp³-hybridized carbons (Fsp3) is 0.206. The Labute approximate surface area is 244 Å². The molecular weight excluding hydrogens is 530 g/mol. The molecule has 3 amide bonds. The number of fused-ring (bicyclic) bond motifs is 1. The van der Waals surface area contributed by atoms with Crippen molar-refractivity contribution in [1.29, 1.82) is 0 Å². The molecule has 0 bridgehead atoms. The number of para-hydroxylation sites is 2. The van der Waals surface area contributed by atoms with Crippen molar-refractivity contribution in [1.82, 2.24) is 10.6 Å². The maximum Gasteiger partial charge on any atom is 0.407 e. The standard InChI is InChI=1S/C34H33N3O5/c38-32(36-28-19-17-25(18-20-28)24-10-2-1-3-11-24)16-8-9-21-35-34(40)41-23-27-13-4-6-14-29(27)37-33(39)31-22-26-12-5-7-15-30(26)42-31/h1-7,10-15,17,19-20,22,25H,8-9,16,18,21,23H2,(H,35,40)(H,36,38)(H,37,39). The number of benzene rings is 3. The molecule has 1 aliphatic carbocycles. The molecule has 3 aromatic carbocycles. The highest BCUT2D eigenvalue weighted by Crippen LogP contribution is 2.26. The first kappa shape index (κ1) is 28.4. The van der Waals surface area contributed by atoms with E-state index in [1.165, 1.54) is 5.56 Å². The summed E-state index contributed by atoms with van der Waals surface area (Å²) in [6.07, 6.45) is 8.04. The van der Waals surface area contributed by atoms with Gasteiger partial charge in [0.25, 0.3) is 5.91 Å². The maximum absolute atomic E-state index is 12.7. The molecule has 0 radical (unpaired) electrons. The molecule has 1 unspecified atom stereocenters. The molecule has 0 aliphatic heterocycles. The van der Waals surface area contributed by atoms with Gasteiger partial charge in [0.15, 0.2) is 5.76 Å². The second kappa shape index (κ2) is 14.0. The van der Waals surface area contributed by atoms with Crippen molar-refractivity contribution in [3.63, 3.8) is 0 Å². The minimum Gasteiger partial charge on any atom is -0.451 e. The number of ether oxygens (including phenoxy) is 1. The van der Waals surface area contributed by atoms with Crippen molar-refractivity contribution >= 4 is 34.6 Å². The van der Waals surface area contributed by atoms with Crippen LogP contribution in [0.3, 0.4) is 0 Å². The zero-order valence-corrected chi connectivity index (χ0v) is 23.2. The van der Waals surface area contributed by atoms with Crippen molar-refractivity contribution in [3.8, 4) is 0 Å². The Bertz CT molecular complexity index is 1570. The number of carbonyl (C=O) groups is 3. The molecule has 1 aliphatic rings. The van der Waals surface area contributed by atoms with E-state index in [1.54, 1.807) is 36.4 Å². The van der Waals surface area contributed by atoms with Crippen LogP contribution in [0.1, 0.15) is 53.3 Å². The molecule has 3 N–H and O–H groups in total. The Kier molecular flexibility index (Phi) is 9.46. The van der Waals surface area contributed by atoms with Crippen molar-refractivity contribution in [2.45, 2.75) is 38.2 Å². The smallest absolute Gasteiger partial charge is 0.407 e. The highest BCUT2D eigenvalue weighted by atomic mass is 16.5. The summed E-state index contributed by atoms with van der Waals surface area (Å²) in [5.74, 6) is 0.0850. The Morgan fingerprint density at radius 1 is 0.881 bits per heavy atom. The number of hydrogen-bond donors (Lipinski definition) is 3. The van der Waals surface area contributed by atoms with Crippen LogP contribution < -0.4 is 16.0 Å². The van der Waals surface area contributed by atoms with Gasteiger partial charge < -0.3 is 25.1 Å². The van der Waals surface area contributed by atoms with E-state index in [1.807, 2.05) is 42.5 Å². The topological polar surface area (TPSA) is 110 Å². The number of allylic oxidation sites excluding steroid dienone is 3. The van der Waals surface area contributed by atoms with Gasteiger partial charge in [-0.1, -0.05) is 78.9 Å². The fourth-order valence-electron chi connectivity index (χ4n) is 4.73. The van der Waals surface area contributed by atoms with Gasteiger partial charge in [0.1, 0.15) is 12.2 Å². The van der Waals surface area contributed by atoms with Crippen molar-refractivity contribution in [2.24, 2.45) is 0 Å². The first-order valence-corrected chi connectivity index (χ1v) is 14.1. The van der Waals surface area contributed by atoms with Crippen molar-refractivity contribution in [3.05, 3.63) is 126 Å². The zero-order valence-electron chi connectivity index (χ0n) is 23.2. The lowest BCUT2D eigenvalue weighted by atomic mass is 9.92. The lowest BCUT2D eigenvalue weighted by Crippen LogP contribution is -2.26. The van der Waals surface area contributed by atoms with Crippen LogP contribution in [-0.4, -0.2) is 24.5 Å². The summed E-state index contributed by atoms with van der Waals surface area (Å²) in [6.45, 7) is 0.372. The predicted octanol–water partition coefficient (Wildman–Crippen LogP) is 6.83. The number of hydrogen-bond acceptors (Lipinski definition) is 5. The molecule has 1 heterocycles.